The third-order valence-corrected chi connectivity index (χ3v) is 5.92. The first-order chi connectivity index (χ1) is 11.1. The van der Waals surface area contributed by atoms with Gasteiger partial charge in [-0.15, -0.1) is 11.3 Å². The Morgan fingerprint density at radius 3 is 2.70 bits per heavy atom. The number of ether oxygens (including phenoxy) is 1. The second-order valence-electron chi connectivity index (χ2n) is 5.68. The van der Waals surface area contributed by atoms with Crippen LogP contribution < -0.4 is 5.32 Å². The monoisotopic (exact) mass is 369 g/mol. The molecule has 1 aromatic heterocycles. The Balaban J connectivity index is 1.75. The summed E-state index contributed by atoms with van der Waals surface area (Å²) in [5.41, 5.74) is 0.394. The van der Waals surface area contributed by atoms with Crippen molar-refractivity contribution in [3.8, 4) is 0 Å². The topological polar surface area (TPSA) is 38.3 Å². The van der Waals surface area contributed by atoms with E-state index < -0.39 is 0 Å². The molecule has 6 heteroatoms. The van der Waals surface area contributed by atoms with E-state index in [-0.39, 0.29) is 11.3 Å². The maximum Gasteiger partial charge on any atom is 0.252 e. The number of carbonyl (C=O) groups excluding carboxylic acids is 1. The summed E-state index contributed by atoms with van der Waals surface area (Å²) in [5, 5.41) is 6.00. The highest BCUT2D eigenvalue weighted by Gasteiger charge is 2.35. The van der Waals surface area contributed by atoms with E-state index in [1.807, 2.05) is 0 Å². The minimum atomic E-state index is -0.172. The van der Waals surface area contributed by atoms with Crippen LogP contribution in [0, 0.1) is 0 Å². The first-order valence-electron chi connectivity index (χ1n) is 7.46. The van der Waals surface area contributed by atoms with E-state index in [2.05, 4.69) is 22.8 Å². The minimum Gasteiger partial charge on any atom is -0.381 e. The molecule has 0 spiro atoms. The third-order valence-electron chi connectivity index (χ3n) is 4.26. The SMILES string of the molecule is O=C(NCC1(c2cccs2)CCOCC1)c1ccc(Cl)cc1Cl. The summed E-state index contributed by atoms with van der Waals surface area (Å²) < 4.78 is 5.50. The molecular formula is C17H17Cl2NO2S. The molecule has 122 valence electrons. The highest BCUT2D eigenvalue weighted by Crippen LogP contribution is 2.37. The first-order valence-corrected chi connectivity index (χ1v) is 9.09. The largest absolute Gasteiger partial charge is 0.381 e. The van der Waals surface area contributed by atoms with E-state index >= 15 is 0 Å². The lowest BCUT2D eigenvalue weighted by Crippen LogP contribution is -2.44. The van der Waals surface area contributed by atoms with Crippen LogP contribution in [0.15, 0.2) is 35.7 Å². The van der Waals surface area contributed by atoms with Crippen LogP contribution in [-0.2, 0) is 10.2 Å². The van der Waals surface area contributed by atoms with Crippen LogP contribution in [0.3, 0.4) is 0 Å². The lowest BCUT2D eigenvalue weighted by Gasteiger charge is -2.36. The molecule has 1 N–H and O–H groups in total. The quantitative estimate of drug-likeness (QED) is 0.859. The van der Waals surface area contributed by atoms with Gasteiger partial charge in [0.25, 0.3) is 5.91 Å². The number of nitrogens with one attached hydrogen (secondary N) is 1. The highest BCUT2D eigenvalue weighted by molar-refractivity contribution is 7.10. The molecule has 0 bridgehead atoms. The summed E-state index contributed by atoms with van der Waals surface area (Å²) in [7, 11) is 0. The zero-order chi connectivity index (χ0) is 16.3. The molecule has 1 saturated heterocycles. The van der Waals surface area contributed by atoms with Gasteiger partial charge in [-0.3, -0.25) is 4.79 Å². The van der Waals surface area contributed by atoms with Crippen molar-refractivity contribution < 1.29 is 9.53 Å². The van der Waals surface area contributed by atoms with Crippen molar-refractivity contribution in [2.75, 3.05) is 19.8 Å². The van der Waals surface area contributed by atoms with Gasteiger partial charge < -0.3 is 10.1 Å². The van der Waals surface area contributed by atoms with Gasteiger partial charge in [-0.2, -0.15) is 0 Å². The van der Waals surface area contributed by atoms with Crippen LogP contribution >= 0.6 is 34.5 Å². The predicted molar refractivity (Wildman–Crippen MR) is 94.8 cm³/mol. The Morgan fingerprint density at radius 2 is 2.04 bits per heavy atom. The fourth-order valence-corrected chi connectivity index (χ4v) is 4.35. The molecule has 2 aromatic rings. The molecule has 1 amide bonds. The van der Waals surface area contributed by atoms with Gasteiger partial charge in [-0.25, -0.2) is 0 Å². The van der Waals surface area contributed by atoms with Gasteiger partial charge in [0.2, 0.25) is 0 Å². The summed E-state index contributed by atoms with van der Waals surface area (Å²) in [6, 6.07) is 9.10. The summed E-state index contributed by atoms with van der Waals surface area (Å²) in [5.74, 6) is -0.172. The lowest BCUT2D eigenvalue weighted by molar-refractivity contribution is 0.0499. The number of carbonyl (C=O) groups is 1. The normalized spacial score (nSPS) is 17.0. The molecule has 1 aliphatic rings. The molecule has 2 heterocycles. The van der Waals surface area contributed by atoms with E-state index in [1.54, 1.807) is 29.5 Å². The molecule has 0 radical (unpaired) electrons. The molecular weight excluding hydrogens is 353 g/mol. The van der Waals surface area contributed by atoms with Crippen molar-refractivity contribution in [3.63, 3.8) is 0 Å². The number of rotatable bonds is 4. The Kier molecular flexibility index (Phi) is 5.27. The average Bonchev–Trinajstić information content (AvgIpc) is 3.09. The van der Waals surface area contributed by atoms with Crippen LogP contribution in [0.25, 0.3) is 0 Å². The van der Waals surface area contributed by atoms with Crippen LogP contribution in [0.2, 0.25) is 10.0 Å². The van der Waals surface area contributed by atoms with Crippen molar-refractivity contribution >= 4 is 40.4 Å². The molecule has 1 aliphatic heterocycles. The number of halogens is 2. The smallest absolute Gasteiger partial charge is 0.252 e. The van der Waals surface area contributed by atoms with Gasteiger partial charge >= 0.3 is 0 Å². The van der Waals surface area contributed by atoms with Crippen LogP contribution in [0.5, 0.6) is 0 Å². The Bertz CT molecular complexity index is 682. The van der Waals surface area contributed by atoms with E-state index in [1.165, 1.54) is 4.88 Å². The van der Waals surface area contributed by atoms with E-state index in [0.29, 0.717) is 22.2 Å². The molecule has 0 aliphatic carbocycles. The summed E-state index contributed by atoms with van der Waals surface area (Å²) in [4.78, 5) is 13.8. The van der Waals surface area contributed by atoms with Crippen LogP contribution in [0.1, 0.15) is 28.1 Å². The molecule has 23 heavy (non-hydrogen) atoms. The van der Waals surface area contributed by atoms with Gasteiger partial charge in [-0.1, -0.05) is 29.3 Å². The van der Waals surface area contributed by atoms with Crippen molar-refractivity contribution in [1.29, 1.82) is 0 Å². The maximum atomic E-state index is 12.5. The Hall–Kier alpha value is -1.07. The second kappa shape index (κ2) is 7.22. The molecule has 0 saturated carbocycles. The second-order valence-corrected chi connectivity index (χ2v) is 7.47. The Labute approximate surface area is 149 Å². The van der Waals surface area contributed by atoms with Crippen molar-refractivity contribution in [3.05, 3.63) is 56.2 Å². The van der Waals surface area contributed by atoms with E-state index in [9.17, 15) is 4.79 Å². The molecule has 3 nitrogen and oxygen atoms in total. The summed E-state index contributed by atoms with van der Waals surface area (Å²) >= 11 is 13.7. The van der Waals surface area contributed by atoms with Crippen LogP contribution in [-0.4, -0.2) is 25.7 Å². The molecule has 1 fully saturated rings. The maximum absolute atomic E-state index is 12.5. The average molecular weight is 370 g/mol. The van der Waals surface area contributed by atoms with E-state index in [4.69, 9.17) is 27.9 Å². The minimum absolute atomic E-state index is 0.0546. The van der Waals surface area contributed by atoms with Crippen molar-refractivity contribution in [2.24, 2.45) is 0 Å². The van der Waals surface area contributed by atoms with Crippen molar-refractivity contribution in [1.82, 2.24) is 5.32 Å². The lowest BCUT2D eigenvalue weighted by atomic mass is 9.78. The number of amides is 1. The summed E-state index contributed by atoms with van der Waals surface area (Å²) in [6.07, 6.45) is 1.81. The number of thiophene rings is 1. The molecule has 0 atom stereocenters. The van der Waals surface area contributed by atoms with Gasteiger partial charge in [0, 0.05) is 35.1 Å². The molecule has 3 rings (SSSR count). The Morgan fingerprint density at radius 1 is 1.26 bits per heavy atom. The molecule has 0 unspecified atom stereocenters. The zero-order valence-electron chi connectivity index (χ0n) is 12.5. The van der Waals surface area contributed by atoms with E-state index in [0.717, 1.165) is 26.1 Å². The first kappa shape index (κ1) is 16.8. The zero-order valence-corrected chi connectivity index (χ0v) is 14.8. The predicted octanol–water partition coefficient (Wildman–Crippen LogP) is 4.53. The van der Waals surface area contributed by atoms with Gasteiger partial charge in [0.05, 0.1) is 10.6 Å². The van der Waals surface area contributed by atoms with Crippen molar-refractivity contribution in [2.45, 2.75) is 18.3 Å². The van der Waals surface area contributed by atoms with Gasteiger partial charge in [0.15, 0.2) is 0 Å². The fourth-order valence-electron chi connectivity index (χ4n) is 2.87. The fraction of sp³-hybridized carbons (Fsp3) is 0.353. The highest BCUT2D eigenvalue weighted by atomic mass is 35.5. The molecule has 1 aromatic carbocycles. The number of benzene rings is 1. The van der Waals surface area contributed by atoms with Crippen LogP contribution in [0.4, 0.5) is 0 Å². The third kappa shape index (κ3) is 3.72. The van der Waals surface area contributed by atoms with Gasteiger partial charge in [-0.05, 0) is 42.5 Å². The summed E-state index contributed by atoms with van der Waals surface area (Å²) in [6.45, 7) is 2.01. The number of hydrogen-bond acceptors (Lipinski definition) is 3. The van der Waals surface area contributed by atoms with Gasteiger partial charge in [0.1, 0.15) is 0 Å². The standard InChI is InChI=1S/C17H17Cl2NO2S/c18-12-3-4-13(14(19)10-12)16(21)20-11-17(5-7-22-8-6-17)15-2-1-9-23-15/h1-4,9-10H,5-8,11H2,(H,20,21). The number of hydrogen-bond donors (Lipinski definition) is 1.